The molecule has 62 valence electrons. The molecule has 0 unspecified atom stereocenters. The second-order valence-corrected chi connectivity index (χ2v) is 3.49. The lowest BCUT2D eigenvalue weighted by atomic mass is 10.2. The van der Waals surface area contributed by atoms with Crippen molar-refractivity contribution in [2.45, 2.75) is 5.75 Å². The number of hydrogen-bond donors (Lipinski definition) is 1. The summed E-state index contributed by atoms with van der Waals surface area (Å²) in [5.74, 6) is 1.62. The minimum absolute atomic E-state index is 0.0984. The Morgan fingerprint density at radius 3 is 3.17 bits per heavy atom. The predicted molar refractivity (Wildman–Crippen MR) is 46.9 cm³/mol. The molecule has 0 atom stereocenters. The minimum Gasteiger partial charge on any atom is -0.368 e. The van der Waals surface area contributed by atoms with E-state index in [-0.39, 0.29) is 11.7 Å². The predicted octanol–water partition coefficient (Wildman–Crippen LogP) is 0.488. The molecule has 0 aliphatic carbocycles. The fourth-order valence-electron chi connectivity index (χ4n) is 1.09. The summed E-state index contributed by atoms with van der Waals surface area (Å²) in [5.41, 5.74) is 6.78. The molecule has 2 rings (SSSR count). The van der Waals surface area contributed by atoms with Crippen LogP contribution in [0, 0.1) is 0 Å². The third kappa shape index (κ3) is 1.16. The molecule has 0 saturated heterocycles. The van der Waals surface area contributed by atoms with Crippen LogP contribution in [0.1, 0.15) is 16.1 Å². The number of nitrogens with zero attached hydrogens (tertiary/aromatic N) is 2. The number of nitrogen functional groups attached to an aromatic ring is 1. The Morgan fingerprint density at radius 2 is 2.33 bits per heavy atom. The molecule has 0 bridgehead atoms. The Labute approximate surface area is 73.6 Å². The summed E-state index contributed by atoms with van der Waals surface area (Å²) in [5, 5.41) is 0. The van der Waals surface area contributed by atoms with Crippen LogP contribution in [-0.4, -0.2) is 21.5 Å². The van der Waals surface area contributed by atoms with E-state index >= 15 is 0 Å². The first-order valence-electron chi connectivity index (χ1n) is 3.49. The third-order valence-electron chi connectivity index (χ3n) is 1.66. The molecule has 1 aromatic heterocycles. The van der Waals surface area contributed by atoms with Crippen molar-refractivity contribution in [2.75, 3.05) is 11.5 Å². The average molecular weight is 181 g/mol. The maximum absolute atomic E-state index is 11.3. The van der Waals surface area contributed by atoms with Crippen LogP contribution in [0.2, 0.25) is 0 Å². The molecule has 2 N–H and O–H groups in total. The number of rotatable bonds is 0. The minimum atomic E-state index is 0.0984. The monoisotopic (exact) mass is 181 g/mol. The fourth-order valence-corrected chi connectivity index (χ4v) is 1.95. The normalized spacial score (nSPS) is 15.8. The van der Waals surface area contributed by atoms with Crippen LogP contribution in [0.25, 0.3) is 0 Å². The zero-order valence-corrected chi connectivity index (χ0v) is 7.10. The molecular formula is C7H7N3OS. The summed E-state index contributed by atoms with van der Waals surface area (Å²) >= 11 is 1.56. The van der Waals surface area contributed by atoms with Gasteiger partial charge in [0.1, 0.15) is 0 Å². The van der Waals surface area contributed by atoms with Crippen molar-refractivity contribution >= 4 is 23.5 Å². The van der Waals surface area contributed by atoms with Gasteiger partial charge in [0.25, 0.3) is 0 Å². The Kier molecular flexibility index (Phi) is 1.73. The second kappa shape index (κ2) is 2.75. The third-order valence-corrected chi connectivity index (χ3v) is 2.60. The largest absolute Gasteiger partial charge is 0.368 e. The molecule has 5 heteroatoms. The van der Waals surface area contributed by atoms with Gasteiger partial charge in [-0.1, -0.05) is 0 Å². The molecule has 1 aromatic rings. The molecule has 0 amide bonds. The molecule has 0 spiro atoms. The van der Waals surface area contributed by atoms with Gasteiger partial charge in [-0.2, -0.15) is 0 Å². The van der Waals surface area contributed by atoms with Gasteiger partial charge in [-0.05, 0) is 0 Å². The number of thioether (sulfide) groups is 1. The smallest absolute Gasteiger partial charge is 0.220 e. The van der Waals surface area contributed by atoms with Crippen molar-refractivity contribution in [3.05, 3.63) is 17.5 Å². The zero-order valence-electron chi connectivity index (χ0n) is 6.28. The Bertz CT molecular complexity index is 339. The zero-order chi connectivity index (χ0) is 8.55. The van der Waals surface area contributed by atoms with Crippen LogP contribution < -0.4 is 5.73 Å². The van der Waals surface area contributed by atoms with Gasteiger partial charge in [0.05, 0.1) is 17.0 Å². The van der Waals surface area contributed by atoms with Gasteiger partial charge in [-0.25, -0.2) is 9.97 Å². The summed E-state index contributed by atoms with van der Waals surface area (Å²) in [6.07, 6.45) is 1.51. The highest BCUT2D eigenvalue weighted by molar-refractivity contribution is 7.99. The Morgan fingerprint density at radius 1 is 1.50 bits per heavy atom. The average Bonchev–Trinajstić information content (AvgIpc) is 2.04. The van der Waals surface area contributed by atoms with Crippen LogP contribution >= 0.6 is 11.8 Å². The van der Waals surface area contributed by atoms with E-state index in [2.05, 4.69) is 9.97 Å². The van der Waals surface area contributed by atoms with Crippen LogP contribution in [0.4, 0.5) is 5.95 Å². The van der Waals surface area contributed by atoms with Gasteiger partial charge in [0.15, 0.2) is 5.78 Å². The fraction of sp³-hybridized carbons (Fsp3) is 0.286. The molecule has 0 radical (unpaired) electrons. The van der Waals surface area contributed by atoms with E-state index in [1.807, 2.05) is 0 Å². The molecule has 2 heterocycles. The van der Waals surface area contributed by atoms with Crippen molar-refractivity contribution in [2.24, 2.45) is 0 Å². The van der Waals surface area contributed by atoms with Crippen molar-refractivity contribution in [1.29, 1.82) is 0 Å². The molecule has 0 saturated carbocycles. The standard InChI is InChI=1S/C7H7N3OS/c8-7-9-1-4-5(10-7)2-12-3-6(4)11/h1H,2-3H2,(H2,8,9,10). The number of carbonyl (C=O) groups is 1. The molecule has 0 fully saturated rings. The van der Waals surface area contributed by atoms with Crippen LogP contribution in [0.15, 0.2) is 6.20 Å². The topological polar surface area (TPSA) is 68.9 Å². The second-order valence-electron chi connectivity index (χ2n) is 2.50. The lowest BCUT2D eigenvalue weighted by molar-refractivity contribution is 0.102. The number of hydrogen-bond acceptors (Lipinski definition) is 5. The van der Waals surface area contributed by atoms with E-state index in [1.165, 1.54) is 6.20 Å². The maximum atomic E-state index is 11.3. The molecule has 12 heavy (non-hydrogen) atoms. The lowest BCUT2D eigenvalue weighted by Crippen LogP contribution is -2.15. The number of Topliss-reactive ketones (excluding diaryl/α,β-unsaturated/α-hetero) is 1. The van der Waals surface area contributed by atoms with Crippen molar-refractivity contribution in [3.8, 4) is 0 Å². The van der Waals surface area contributed by atoms with Crippen LogP contribution in [-0.2, 0) is 5.75 Å². The van der Waals surface area contributed by atoms with E-state index in [4.69, 9.17) is 5.73 Å². The van der Waals surface area contributed by atoms with E-state index in [1.54, 1.807) is 11.8 Å². The van der Waals surface area contributed by atoms with Gasteiger partial charge >= 0.3 is 0 Å². The van der Waals surface area contributed by atoms with Crippen molar-refractivity contribution in [1.82, 2.24) is 9.97 Å². The summed E-state index contributed by atoms with van der Waals surface area (Å²) in [6, 6.07) is 0. The summed E-state index contributed by atoms with van der Waals surface area (Å²) in [7, 11) is 0. The SMILES string of the molecule is Nc1ncc2c(n1)CSCC2=O. The number of carbonyl (C=O) groups excluding carboxylic acids is 1. The van der Waals surface area contributed by atoms with E-state index in [0.717, 1.165) is 11.4 Å². The molecule has 0 aromatic carbocycles. The maximum Gasteiger partial charge on any atom is 0.220 e. The highest BCUT2D eigenvalue weighted by Crippen LogP contribution is 2.22. The van der Waals surface area contributed by atoms with Gasteiger partial charge in [-0.3, -0.25) is 4.79 Å². The number of nitrogens with two attached hydrogens (primary N) is 1. The quantitative estimate of drug-likeness (QED) is 0.630. The lowest BCUT2D eigenvalue weighted by Gasteiger charge is -2.11. The van der Waals surface area contributed by atoms with Crippen LogP contribution in [0.5, 0.6) is 0 Å². The van der Waals surface area contributed by atoms with E-state index in [9.17, 15) is 4.79 Å². The van der Waals surface area contributed by atoms with E-state index < -0.39 is 0 Å². The summed E-state index contributed by atoms with van der Waals surface area (Å²) in [6.45, 7) is 0. The summed E-state index contributed by atoms with van der Waals surface area (Å²) in [4.78, 5) is 19.0. The van der Waals surface area contributed by atoms with Crippen molar-refractivity contribution < 1.29 is 4.79 Å². The van der Waals surface area contributed by atoms with Gasteiger partial charge in [0.2, 0.25) is 5.95 Å². The Hall–Kier alpha value is -1.10. The first-order chi connectivity index (χ1) is 5.77. The van der Waals surface area contributed by atoms with Crippen LogP contribution in [0.3, 0.4) is 0 Å². The number of fused-ring (bicyclic) bond motifs is 1. The highest BCUT2D eigenvalue weighted by Gasteiger charge is 2.18. The molecule has 1 aliphatic rings. The molecular weight excluding hydrogens is 174 g/mol. The number of ketones is 1. The molecule has 4 nitrogen and oxygen atoms in total. The first-order valence-corrected chi connectivity index (χ1v) is 4.65. The molecule has 1 aliphatic heterocycles. The van der Waals surface area contributed by atoms with Gasteiger partial charge in [-0.15, -0.1) is 11.8 Å². The van der Waals surface area contributed by atoms with Crippen molar-refractivity contribution in [3.63, 3.8) is 0 Å². The van der Waals surface area contributed by atoms with Gasteiger partial charge < -0.3 is 5.73 Å². The van der Waals surface area contributed by atoms with Gasteiger partial charge in [0, 0.05) is 11.9 Å². The van der Waals surface area contributed by atoms with E-state index in [0.29, 0.717) is 11.3 Å². The number of aromatic nitrogens is 2. The Balaban J connectivity index is 2.53. The number of anilines is 1. The first kappa shape index (κ1) is 7.54. The highest BCUT2D eigenvalue weighted by atomic mass is 32.2. The summed E-state index contributed by atoms with van der Waals surface area (Å²) < 4.78 is 0.